The molecule has 0 radical (unpaired) electrons. The lowest BCUT2D eigenvalue weighted by Crippen LogP contribution is -2.47. The predicted octanol–water partition coefficient (Wildman–Crippen LogP) is 2.14. The van der Waals surface area contributed by atoms with Crippen molar-refractivity contribution in [3.05, 3.63) is 59.2 Å². The maximum atomic E-state index is 13.7. The van der Waals surface area contributed by atoms with Crippen LogP contribution in [0.3, 0.4) is 0 Å². The Hall–Kier alpha value is -2.94. The summed E-state index contributed by atoms with van der Waals surface area (Å²) in [6, 6.07) is 2.96. The number of nitrogens with one attached hydrogen (secondary N) is 1. The van der Waals surface area contributed by atoms with E-state index in [2.05, 4.69) is 15.2 Å². The molecule has 2 heterocycles. The van der Waals surface area contributed by atoms with Crippen LogP contribution in [0.5, 0.6) is 0 Å². The molecule has 1 aliphatic rings. The van der Waals surface area contributed by atoms with Gasteiger partial charge in [0.2, 0.25) is 0 Å². The van der Waals surface area contributed by atoms with Crippen LogP contribution in [0.2, 0.25) is 0 Å². The van der Waals surface area contributed by atoms with Gasteiger partial charge in [-0.3, -0.25) is 14.6 Å². The van der Waals surface area contributed by atoms with Gasteiger partial charge in [-0.05, 0) is 25.2 Å². The Kier molecular flexibility index (Phi) is 5.41. The Labute approximate surface area is 153 Å². The number of amides is 2. The number of carbonyl (C=O) groups excluding carboxylic acids is 2. The molecule has 6 nitrogen and oxygen atoms in total. The number of hydrogen-bond donors (Lipinski definition) is 1. The number of hydrogen-bond acceptors (Lipinski definition) is 4. The number of carbonyl (C=O) groups is 2. The average molecular weight is 378 g/mol. The number of anilines is 1. The molecule has 142 valence electrons. The van der Waals surface area contributed by atoms with Crippen LogP contribution in [0.25, 0.3) is 0 Å². The molecule has 1 saturated heterocycles. The molecule has 1 N–H and O–H groups in total. The third-order valence-corrected chi connectivity index (χ3v) is 4.32. The van der Waals surface area contributed by atoms with E-state index < -0.39 is 29.0 Å². The van der Waals surface area contributed by atoms with Gasteiger partial charge in [0.05, 0.1) is 16.8 Å². The van der Waals surface area contributed by atoms with Crippen LogP contribution < -0.4 is 5.32 Å². The molecule has 2 aromatic rings. The SMILES string of the molecule is CN1CCN(C(=O)c2cncc(C(=O)Nc3ccc(F)c(F)c3F)c2)CC1. The molecule has 1 aliphatic heterocycles. The van der Waals surface area contributed by atoms with E-state index in [1.807, 2.05) is 7.05 Å². The van der Waals surface area contributed by atoms with Gasteiger partial charge in [0.15, 0.2) is 17.5 Å². The maximum Gasteiger partial charge on any atom is 0.257 e. The average Bonchev–Trinajstić information content (AvgIpc) is 2.68. The van der Waals surface area contributed by atoms with E-state index in [0.29, 0.717) is 19.2 Å². The molecule has 0 atom stereocenters. The van der Waals surface area contributed by atoms with Crippen molar-refractivity contribution in [2.24, 2.45) is 0 Å². The van der Waals surface area contributed by atoms with Crippen molar-refractivity contribution in [2.45, 2.75) is 0 Å². The Morgan fingerprint density at radius 1 is 1.00 bits per heavy atom. The van der Waals surface area contributed by atoms with Gasteiger partial charge in [-0.25, -0.2) is 13.2 Å². The molecular formula is C18H17F3N4O2. The highest BCUT2D eigenvalue weighted by molar-refractivity contribution is 6.05. The fourth-order valence-electron chi connectivity index (χ4n) is 2.69. The van der Waals surface area contributed by atoms with Crippen molar-refractivity contribution >= 4 is 17.5 Å². The van der Waals surface area contributed by atoms with Crippen molar-refractivity contribution < 1.29 is 22.8 Å². The van der Waals surface area contributed by atoms with E-state index in [1.54, 1.807) is 4.90 Å². The van der Waals surface area contributed by atoms with Crippen LogP contribution in [0.15, 0.2) is 30.6 Å². The van der Waals surface area contributed by atoms with E-state index >= 15 is 0 Å². The van der Waals surface area contributed by atoms with Gasteiger partial charge >= 0.3 is 0 Å². The molecule has 3 rings (SSSR count). The molecular weight excluding hydrogens is 361 g/mol. The summed E-state index contributed by atoms with van der Waals surface area (Å²) in [4.78, 5) is 32.5. The predicted molar refractivity (Wildman–Crippen MR) is 91.9 cm³/mol. The monoisotopic (exact) mass is 378 g/mol. The van der Waals surface area contributed by atoms with Crippen LogP contribution in [0, 0.1) is 17.5 Å². The minimum atomic E-state index is -1.68. The second kappa shape index (κ2) is 7.75. The molecule has 1 aromatic carbocycles. The van der Waals surface area contributed by atoms with Crippen LogP contribution in [0.4, 0.5) is 18.9 Å². The van der Waals surface area contributed by atoms with Gasteiger partial charge in [0.25, 0.3) is 11.8 Å². The second-order valence-corrected chi connectivity index (χ2v) is 6.23. The van der Waals surface area contributed by atoms with E-state index in [4.69, 9.17) is 0 Å². The lowest BCUT2D eigenvalue weighted by atomic mass is 10.1. The van der Waals surface area contributed by atoms with Crippen molar-refractivity contribution in [3.63, 3.8) is 0 Å². The summed E-state index contributed by atoms with van der Waals surface area (Å²) in [5, 5.41) is 2.15. The number of piperazine rings is 1. The largest absolute Gasteiger partial charge is 0.336 e. The standard InChI is InChI=1S/C18H17F3N4O2/c1-24-4-6-25(7-5-24)18(27)12-8-11(9-22-10-12)17(26)23-14-3-2-13(19)15(20)16(14)21/h2-3,8-10H,4-7H2,1H3,(H,23,26). The Morgan fingerprint density at radius 2 is 1.67 bits per heavy atom. The minimum Gasteiger partial charge on any atom is -0.336 e. The van der Waals surface area contributed by atoms with Gasteiger partial charge in [-0.15, -0.1) is 0 Å². The Bertz CT molecular complexity index is 883. The van der Waals surface area contributed by atoms with Gasteiger partial charge in [-0.2, -0.15) is 0 Å². The molecule has 0 spiro atoms. The van der Waals surface area contributed by atoms with Crippen molar-refractivity contribution in [1.82, 2.24) is 14.8 Å². The fourth-order valence-corrected chi connectivity index (χ4v) is 2.69. The zero-order valence-electron chi connectivity index (χ0n) is 14.5. The summed E-state index contributed by atoms with van der Waals surface area (Å²) >= 11 is 0. The van der Waals surface area contributed by atoms with Crippen LogP contribution >= 0.6 is 0 Å². The van der Waals surface area contributed by atoms with Crippen molar-refractivity contribution in [1.29, 1.82) is 0 Å². The summed E-state index contributed by atoms with van der Waals surface area (Å²) in [5.41, 5.74) is -0.285. The van der Waals surface area contributed by atoms with E-state index in [1.165, 1.54) is 18.5 Å². The van der Waals surface area contributed by atoms with Gasteiger partial charge in [0.1, 0.15) is 0 Å². The molecule has 0 unspecified atom stereocenters. The molecule has 1 fully saturated rings. The highest BCUT2D eigenvalue weighted by atomic mass is 19.2. The first-order chi connectivity index (χ1) is 12.9. The number of halogens is 3. The number of rotatable bonds is 3. The number of nitrogens with zero attached hydrogens (tertiary/aromatic N) is 3. The number of pyridine rings is 1. The number of benzene rings is 1. The van der Waals surface area contributed by atoms with Gasteiger partial charge in [0, 0.05) is 38.6 Å². The smallest absolute Gasteiger partial charge is 0.257 e. The molecule has 1 aromatic heterocycles. The third kappa shape index (κ3) is 4.08. The minimum absolute atomic E-state index is 0.000823. The first kappa shape index (κ1) is 18.8. The summed E-state index contributed by atoms with van der Waals surface area (Å²) in [6.45, 7) is 2.61. The molecule has 9 heteroatoms. The lowest BCUT2D eigenvalue weighted by Gasteiger charge is -2.32. The van der Waals surface area contributed by atoms with Crippen LogP contribution in [0.1, 0.15) is 20.7 Å². The zero-order chi connectivity index (χ0) is 19.6. The third-order valence-electron chi connectivity index (χ3n) is 4.32. The molecule has 0 bridgehead atoms. The van der Waals surface area contributed by atoms with Crippen molar-refractivity contribution in [3.8, 4) is 0 Å². The van der Waals surface area contributed by atoms with E-state index in [-0.39, 0.29) is 17.0 Å². The second-order valence-electron chi connectivity index (χ2n) is 6.23. The highest BCUT2D eigenvalue weighted by Crippen LogP contribution is 2.20. The van der Waals surface area contributed by atoms with E-state index in [9.17, 15) is 22.8 Å². The van der Waals surface area contributed by atoms with Gasteiger partial charge < -0.3 is 15.1 Å². The fraction of sp³-hybridized carbons (Fsp3) is 0.278. The molecule has 2 amide bonds. The normalized spacial score (nSPS) is 14.9. The molecule has 0 aliphatic carbocycles. The quantitative estimate of drug-likeness (QED) is 0.832. The summed E-state index contributed by atoms with van der Waals surface area (Å²) in [6.07, 6.45) is 2.55. The molecule has 0 saturated carbocycles. The first-order valence-corrected chi connectivity index (χ1v) is 8.24. The van der Waals surface area contributed by atoms with Crippen molar-refractivity contribution in [2.75, 3.05) is 38.5 Å². The summed E-state index contributed by atoms with van der Waals surface area (Å²) in [5.74, 6) is -5.58. The number of likely N-dealkylation sites (N-methyl/N-ethyl adjacent to an activating group) is 1. The summed E-state index contributed by atoms with van der Waals surface area (Å²) < 4.78 is 40.0. The number of aromatic nitrogens is 1. The maximum absolute atomic E-state index is 13.7. The first-order valence-electron chi connectivity index (χ1n) is 8.24. The van der Waals surface area contributed by atoms with E-state index in [0.717, 1.165) is 19.2 Å². The van der Waals surface area contributed by atoms with Crippen LogP contribution in [-0.2, 0) is 0 Å². The lowest BCUT2D eigenvalue weighted by molar-refractivity contribution is 0.0663. The Balaban J connectivity index is 1.76. The zero-order valence-corrected chi connectivity index (χ0v) is 14.5. The molecule has 27 heavy (non-hydrogen) atoms. The topological polar surface area (TPSA) is 65.5 Å². The van der Waals surface area contributed by atoms with Gasteiger partial charge in [-0.1, -0.05) is 0 Å². The summed E-state index contributed by atoms with van der Waals surface area (Å²) in [7, 11) is 1.96. The Morgan fingerprint density at radius 3 is 2.37 bits per heavy atom. The van der Waals surface area contributed by atoms with Crippen LogP contribution in [-0.4, -0.2) is 59.8 Å². The highest BCUT2D eigenvalue weighted by Gasteiger charge is 2.22.